The van der Waals surface area contributed by atoms with Crippen LogP contribution in [-0.2, 0) is 16.0 Å². The minimum atomic E-state index is 0.553. The van der Waals surface area contributed by atoms with E-state index in [2.05, 4.69) is 28.6 Å². The van der Waals surface area contributed by atoms with Crippen LogP contribution >= 0.6 is 0 Å². The van der Waals surface area contributed by atoms with Gasteiger partial charge in [0.15, 0.2) is 5.96 Å². The Morgan fingerprint density at radius 1 is 1.08 bits per heavy atom. The molecule has 2 N–H and O–H groups in total. The zero-order valence-corrected chi connectivity index (χ0v) is 15.8. The van der Waals surface area contributed by atoms with E-state index in [1.165, 1.54) is 6.42 Å². The highest BCUT2D eigenvalue weighted by atomic mass is 16.5. The second kappa shape index (κ2) is 14.5. The Bertz CT molecular complexity index is 481. The summed E-state index contributed by atoms with van der Waals surface area (Å²) in [5, 5.41) is 6.61. The second-order valence-corrected chi connectivity index (χ2v) is 5.66. The second-order valence-electron chi connectivity index (χ2n) is 5.66. The third-order valence-electron chi connectivity index (χ3n) is 3.54. The Balaban J connectivity index is 2.24. The molecule has 0 heterocycles. The van der Waals surface area contributed by atoms with Gasteiger partial charge in [0.2, 0.25) is 0 Å². The highest BCUT2D eigenvalue weighted by Crippen LogP contribution is 2.13. The van der Waals surface area contributed by atoms with Gasteiger partial charge in [0.25, 0.3) is 0 Å². The van der Waals surface area contributed by atoms with Crippen LogP contribution in [0.25, 0.3) is 0 Å². The van der Waals surface area contributed by atoms with E-state index in [9.17, 15) is 0 Å². The van der Waals surface area contributed by atoms with Crippen molar-refractivity contribution in [3.8, 4) is 5.75 Å². The molecule has 0 aliphatic heterocycles. The fourth-order valence-corrected chi connectivity index (χ4v) is 2.12. The highest BCUT2D eigenvalue weighted by molar-refractivity contribution is 5.79. The molecule has 0 bridgehead atoms. The van der Waals surface area contributed by atoms with Crippen molar-refractivity contribution in [1.29, 1.82) is 0 Å². The van der Waals surface area contributed by atoms with Crippen molar-refractivity contribution in [2.75, 3.05) is 47.1 Å². The van der Waals surface area contributed by atoms with Gasteiger partial charge in [0.05, 0.1) is 6.61 Å². The van der Waals surface area contributed by atoms with Gasteiger partial charge in [0.1, 0.15) is 12.4 Å². The molecular weight excluding hydrogens is 318 g/mol. The summed E-state index contributed by atoms with van der Waals surface area (Å²) in [5.74, 6) is 1.64. The lowest BCUT2D eigenvalue weighted by Gasteiger charge is -2.13. The van der Waals surface area contributed by atoms with E-state index >= 15 is 0 Å². The number of nitrogens with zero attached hydrogens (tertiary/aromatic N) is 1. The quantitative estimate of drug-likeness (QED) is 0.325. The van der Waals surface area contributed by atoms with Crippen LogP contribution in [0, 0.1) is 0 Å². The van der Waals surface area contributed by atoms with Crippen LogP contribution in [0.2, 0.25) is 0 Å². The van der Waals surface area contributed by atoms with Crippen molar-refractivity contribution < 1.29 is 14.2 Å². The number of rotatable bonds is 13. The number of methoxy groups -OCH3 is 1. The van der Waals surface area contributed by atoms with Crippen LogP contribution in [0.3, 0.4) is 0 Å². The Kier molecular flexibility index (Phi) is 12.4. The lowest BCUT2D eigenvalue weighted by Crippen LogP contribution is -2.37. The lowest BCUT2D eigenvalue weighted by atomic mass is 10.2. The first-order chi connectivity index (χ1) is 12.3. The Morgan fingerprint density at radius 3 is 2.68 bits per heavy atom. The number of hydrogen-bond donors (Lipinski definition) is 2. The number of aliphatic imine (C=N–C) groups is 1. The topological polar surface area (TPSA) is 64.1 Å². The minimum Gasteiger partial charge on any atom is -0.491 e. The molecule has 1 aromatic rings. The molecule has 25 heavy (non-hydrogen) atoms. The molecule has 0 amide bonds. The molecule has 0 radical (unpaired) electrons. The number of ether oxygens (including phenoxy) is 3. The SMILES string of the molecule is CCCCOCCCNC(=NC)NCc1cccc(OCCOC)c1. The van der Waals surface area contributed by atoms with E-state index in [0.717, 1.165) is 49.9 Å². The summed E-state index contributed by atoms with van der Waals surface area (Å²) >= 11 is 0. The van der Waals surface area contributed by atoms with E-state index in [-0.39, 0.29) is 0 Å². The van der Waals surface area contributed by atoms with Gasteiger partial charge in [-0.25, -0.2) is 0 Å². The summed E-state index contributed by atoms with van der Waals surface area (Å²) < 4.78 is 16.2. The van der Waals surface area contributed by atoms with Gasteiger partial charge in [-0.2, -0.15) is 0 Å². The molecule has 0 aliphatic carbocycles. The molecule has 0 saturated heterocycles. The molecule has 0 atom stereocenters. The van der Waals surface area contributed by atoms with Crippen LogP contribution in [-0.4, -0.2) is 53.1 Å². The van der Waals surface area contributed by atoms with Crippen molar-refractivity contribution in [3.63, 3.8) is 0 Å². The average Bonchev–Trinajstić information content (AvgIpc) is 2.64. The Morgan fingerprint density at radius 2 is 1.92 bits per heavy atom. The van der Waals surface area contributed by atoms with Crippen LogP contribution < -0.4 is 15.4 Å². The number of unbranched alkanes of at least 4 members (excludes halogenated alkanes) is 1. The summed E-state index contributed by atoms with van der Waals surface area (Å²) in [6.07, 6.45) is 3.27. The first-order valence-electron chi connectivity index (χ1n) is 9.03. The molecule has 1 rings (SSSR count). The van der Waals surface area contributed by atoms with Crippen LogP contribution in [0.15, 0.2) is 29.3 Å². The standard InChI is InChI=1S/C19H33N3O3/c1-4-5-11-24-12-7-10-21-19(20-2)22-16-17-8-6-9-18(15-17)25-14-13-23-3/h6,8-9,15H,4-5,7,10-14,16H2,1-3H3,(H2,20,21,22). The van der Waals surface area contributed by atoms with Gasteiger partial charge in [0, 0.05) is 40.5 Å². The number of guanidine groups is 1. The zero-order chi connectivity index (χ0) is 18.2. The molecule has 0 saturated carbocycles. The van der Waals surface area contributed by atoms with Crippen molar-refractivity contribution in [1.82, 2.24) is 10.6 Å². The molecule has 0 unspecified atom stereocenters. The van der Waals surface area contributed by atoms with Crippen molar-refractivity contribution >= 4 is 5.96 Å². The average molecular weight is 351 g/mol. The van der Waals surface area contributed by atoms with Gasteiger partial charge >= 0.3 is 0 Å². The predicted molar refractivity (Wildman–Crippen MR) is 102 cm³/mol. The predicted octanol–water partition coefficient (Wildman–Crippen LogP) is 2.58. The van der Waals surface area contributed by atoms with E-state index in [4.69, 9.17) is 14.2 Å². The largest absolute Gasteiger partial charge is 0.491 e. The molecule has 142 valence electrons. The van der Waals surface area contributed by atoms with E-state index in [0.29, 0.717) is 19.8 Å². The lowest BCUT2D eigenvalue weighted by molar-refractivity contribution is 0.129. The molecule has 1 aromatic carbocycles. The zero-order valence-electron chi connectivity index (χ0n) is 15.8. The van der Waals surface area contributed by atoms with E-state index < -0.39 is 0 Å². The fraction of sp³-hybridized carbons (Fsp3) is 0.632. The summed E-state index contributed by atoms with van der Waals surface area (Å²) in [5.41, 5.74) is 1.14. The highest BCUT2D eigenvalue weighted by Gasteiger charge is 2.00. The molecule has 0 aliphatic rings. The van der Waals surface area contributed by atoms with Crippen LogP contribution in [0.1, 0.15) is 31.7 Å². The molecule has 0 spiro atoms. The number of hydrogen-bond acceptors (Lipinski definition) is 4. The monoisotopic (exact) mass is 351 g/mol. The summed E-state index contributed by atoms with van der Waals surface area (Å²) in [4.78, 5) is 4.24. The molecule has 6 nitrogen and oxygen atoms in total. The molecular formula is C19H33N3O3. The first-order valence-corrected chi connectivity index (χ1v) is 9.03. The van der Waals surface area contributed by atoms with Crippen molar-refractivity contribution in [2.24, 2.45) is 4.99 Å². The van der Waals surface area contributed by atoms with E-state index in [1.807, 2.05) is 18.2 Å². The summed E-state index contributed by atoms with van der Waals surface area (Å²) in [7, 11) is 3.44. The Labute approximate surface area is 152 Å². The van der Waals surface area contributed by atoms with Gasteiger partial charge < -0.3 is 24.8 Å². The van der Waals surface area contributed by atoms with Gasteiger partial charge in [-0.15, -0.1) is 0 Å². The Hall–Kier alpha value is -1.79. The maximum absolute atomic E-state index is 5.63. The third-order valence-corrected chi connectivity index (χ3v) is 3.54. The van der Waals surface area contributed by atoms with E-state index in [1.54, 1.807) is 14.2 Å². The minimum absolute atomic E-state index is 0.553. The van der Waals surface area contributed by atoms with Gasteiger partial charge in [-0.3, -0.25) is 4.99 Å². The molecule has 6 heteroatoms. The maximum Gasteiger partial charge on any atom is 0.191 e. The maximum atomic E-state index is 5.63. The first kappa shape index (κ1) is 21.3. The van der Waals surface area contributed by atoms with Crippen molar-refractivity contribution in [3.05, 3.63) is 29.8 Å². The summed E-state index contributed by atoms with van der Waals surface area (Å²) in [6.45, 7) is 6.47. The molecule has 0 fully saturated rings. The third kappa shape index (κ3) is 10.6. The number of nitrogens with one attached hydrogen (secondary N) is 2. The normalized spacial score (nSPS) is 11.4. The van der Waals surface area contributed by atoms with Crippen LogP contribution in [0.4, 0.5) is 0 Å². The summed E-state index contributed by atoms with van der Waals surface area (Å²) in [6, 6.07) is 8.02. The smallest absolute Gasteiger partial charge is 0.191 e. The fourth-order valence-electron chi connectivity index (χ4n) is 2.12. The molecule has 0 aromatic heterocycles. The van der Waals surface area contributed by atoms with Gasteiger partial charge in [-0.05, 0) is 30.5 Å². The number of benzene rings is 1. The van der Waals surface area contributed by atoms with Gasteiger partial charge in [-0.1, -0.05) is 25.5 Å². The van der Waals surface area contributed by atoms with Crippen molar-refractivity contribution in [2.45, 2.75) is 32.7 Å². The van der Waals surface area contributed by atoms with Crippen LogP contribution in [0.5, 0.6) is 5.75 Å².